The van der Waals surface area contributed by atoms with Gasteiger partial charge in [0, 0.05) is 16.6 Å². The molecule has 0 saturated heterocycles. The van der Waals surface area contributed by atoms with Gasteiger partial charge in [0.15, 0.2) is 0 Å². The van der Waals surface area contributed by atoms with E-state index in [1.54, 1.807) is 6.07 Å². The van der Waals surface area contributed by atoms with Crippen LogP contribution in [0.4, 0.5) is 4.39 Å². The second kappa shape index (κ2) is 8.14. The molecule has 3 atom stereocenters. The average molecular weight is 312 g/mol. The highest BCUT2D eigenvalue weighted by molar-refractivity contribution is 6.31. The second-order valence-corrected chi connectivity index (χ2v) is 6.59. The minimum absolute atomic E-state index is 0.0453. The van der Waals surface area contributed by atoms with Crippen molar-refractivity contribution in [1.82, 2.24) is 5.32 Å². The minimum atomic E-state index is -0.170. The lowest BCUT2D eigenvalue weighted by atomic mass is 9.72. The van der Waals surface area contributed by atoms with E-state index in [0.717, 1.165) is 13.0 Å². The number of nitrogens with one attached hydrogen (secondary N) is 1. The van der Waals surface area contributed by atoms with E-state index in [1.165, 1.54) is 38.2 Å². The Bertz CT molecular complexity index is 429. The first kappa shape index (κ1) is 16.8. The number of halogens is 2. The molecule has 1 aliphatic carbocycles. The molecule has 0 aliphatic heterocycles. The summed E-state index contributed by atoms with van der Waals surface area (Å²) < 4.78 is 14.4. The predicted octanol–water partition coefficient (Wildman–Crippen LogP) is 5.74. The van der Waals surface area contributed by atoms with Crippen molar-refractivity contribution in [2.24, 2.45) is 11.8 Å². The van der Waals surface area contributed by atoms with Crippen LogP contribution in [-0.4, -0.2) is 6.54 Å². The molecule has 1 N–H and O–H groups in total. The topological polar surface area (TPSA) is 12.0 Å². The van der Waals surface area contributed by atoms with Gasteiger partial charge in [0.2, 0.25) is 0 Å². The minimum Gasteiger partial charge on any atom is -0.310 e. The first-order chi connectivity index (χ1) is 10.2. The van der Waals surface area contributed by atoms with Crippen LogP contribution in [0.15, 0.2) is 18.2 Å². The molecule has 118 valence electrons. The van der Waals surface area contributed by atoms with Gasteiger partial charge in [-0.1, -0.05) is 57.2 Å². The van der Waals surface area contributed by atoms with E-state index >= 15 is 0 Å². The van der Waals surface area contributed by atoms with E-state index in [4.69, 9.17) is 11.6 Å². The van der Waals surface area contributed by atoms with Gasteiger partial charge in [0.25, 0.3) is 0 Å². The monoisotopic (exact) mass is 311 g/mol. The molecule has 21 heavy (non-hydrogen) atoms. The Morgan fingerprint density at radius 2 is 2.05 bits per heavy atom. The van der Waals surface area contributed by atoms with E-state index in [2.05, 4.69) is 19.2 Å². The summed E-state index contributed by atoms with van der Waals surface area (Å²) in [6.45, 7) is 5.30. The largest absolute Gasteiger partial charge is 0.310 e. The molecular weight excluding hydrogens is 285 g/mol. The maximum Gasteiger partial charge on any atom is 0.129 e. The van der Waals surface area contributed by atoms with Crippen molar-refractivity contribution in [2.75, 3.05) is 6.54 Å². The van der Waals surface area contributed by atoms with Crippen molar-refractivity contribution in [1.29, 1.82) is 0 Å². The Morgan fingerprint density at radius 3 is 2.71 bits per heavy atom. The predicted molar refractivity (Wildman–Crippen MR) is 88.2 cm³/mol. The number of hydrogen-bond donors (Lipinski definition) is 1. The molecule has 1 fully saturated rings. The summed E-state index contributed by atoms with van der Waals surface area (Å²) in [6.07, 6.45) is 7.20. The van der Waals surface area contributed by atoms with Gasteiger partial charge in [0.1, 0.15) is 5.82 Å². The quantitative estimate of drug-likeness (QED) is 0.706. The lowest BCUT2D eigenvalue weighted by Crippen LogP contribution is -2.35. The molecule has 0 bridgehead atoms. The summed E-state index contributed by atoms with van der Waals surface area (Å²) in [4.78, 5) is 0. The van der Waals surface area contributed by atoms with E-state index in [0.29, 0.717) is 22.4 Å². The third-order valence-corrected chi connectivity index (χ3v) is 5.17. The van der Waals surface area contributed by atoms with Crippen LogP contribution in [0.3, 0.4) is 0 Å². The van der Waals surface area contributed by atoms with E-state index in [9.17, 15) is 4.39 Å². The van der Waals surface area contributed by atoms with Crippen molar-refractivity contribution < 1.29 is 4.39 Å². The van der Waals surface area contributed by atoms with Gasteiger partial charge in [-0.2, -0.15) is 0 Å². The zero-order chi connectivity index (χ0) is 15.2. The van der Waals surface area contributed by atoms with Gasteiger partial charge in [-0.25, -0.2) is 4.39 Å². The Hall–Kier alpha value is -0.600. The van der Waals surface area contributed by atoms with Crippen LogP contribution in [0.5, 0.6) is 0 Å². The fourth-order valence-corrected chi connectivity index (χ4v) is 4.04. The van der Waals surface area contributed by atoms with Gasteiger partial charge < -0.3 is 5.32 Å². The van der Waals surface area contributed by atoms with Gasteiger partial charge in [0.05, 0.1) is 0 Å². The number of hydrogen-bond acceptors (Lipinski definition) is 1. The summed E-state index contributed by atoms with van der Waals surface area (Å²) >= 11 is 6.33. The molecule has 3 unspecified atom stereocenters. The lowest BCUT2D eigenvalue weighted by Gasteiger charge is -2.38. The first-order valence-corrected chi connectivity index (χ1v) is 8.74. The van der Waals surface area contributed by atoms with Crippen molar-refractivity contribution in [3.63, 3.8) is 0 Å². The molecule has 1 aromatic rings. The van der Waals surface area contributed by atoms with E-state index < -0.39 is 0 Å². The van der Waals surface area contributed by atoms with Gasteiger partial charge in [-0.3, -0.25) is 0 Å². The summed E-state index contributed by atoms with van der Waals surface area (Å²) in [5, 5.41) is 4.14. The molecule has 1 saturated carbocycles. The van der Waals surface area contributed by atoms with Gasteiger partial charge in [-0.05, 0) is 43.4 Å². The zero-order valence-electron chi connectivity index (χ0n) is 13.2. The van der Waals surface area contributed by atoms with Crippen LogP contribution in [0.2, 0.25) is 5.02 Å². The van der Waals surface area contributed by atoms with Crippen LogP contribution in [0.1, 0.15) is 64.0 Å². The standard InChI is InChI=1S/C18H27ClFN/c1-3-12-21-18(14-9-6-5-8-13(14)4-2)17-15(19)10-7-11-16(17)20/h7,10-11,13-14,18,21H,3-6,8-9,12H2,1-2H3. The maximum absolute atomic E-state index is 14.4. The van der Waals surface area contributed by atoms with Crippen LogP contribution >= 0.6 is 11.6 Å². The third-order valence-electron chi connectivity index (χ3n) is 4.85. The maximum atomic E-state index is 14.4. The highest BCUT2D eigenvalue weighted by Gasteiger charge is 2.33. The molecule has 3 heteroatoms. The van der Waals surface area contributed by atoms with E-state index in [-0.39, 0.29) is 11.9 Å². The summed E-state index contributed by atoms with van der Waals surface area (Å²) in [5.41, 5.74) is 0.679. The second-order valence-electron chi connectivity index (χ2n) is 6.18. The number of rotatable bonds is 6. The van der Waals surface area contributed by atoms with Crippen molar-refractivity contribution >= 4 is 11.6 Å². The summed E-state index contributed by atoms with van der Waals surface area (Å²) in [6, 6.07) is 5.08. The van der Waals surface area contributed by atoms with Gasteiger partial charge in [-0.15, -0.1) is 0 Å². The molecule has 2 rings (SSSR count). The van der Waals surface area contributed by atoms with Crippen LogP contribution in [0.25, 0.3) is 0 Å². The van der Waals surface area contributed by atoms with Crippen molar-refractivity contribution in [3.8, 4) is 0 Å². The average Bonchev–Trinajstić information content (AvgIpc) is 2.50. The summed E-state index contributed by atoms with van der Waals surface area (Å²) in [5.74, 6) is 0.991. The zero-order valence-corrected chi connectivity index (χ0v) is 13.9. The molecular formula is C18H27ClFN. The molecule has 1 aliphatic rings. The molecule has 0 spiro atoms. The van der Waals surface area contributed by atoms with E-state index in [1.807, 2.05) is 6.07 Å². The highest BCUT2D eigenvalue weighted by atomic mass is 35.5. The SMILES string of the molecule is CCCNC(c1c(F)cccc1Cl)C1CCCCC1CC. The fraction of sp³-hybridized carbons (Fsp3) is 0.667. The van der Waals surface area contributed by atoms with Crippen LogP contribution in [-0.2, 0) is 0 Å². The summed E-state index contributed by atoms with van der Waals surface area (Å²) in [7, 11) is 0. The fourth-order valence-electron chi connectivity index (χ4n) is 3.76. The third kappa shape index (κ3) is 3.98. The molecule has 1 nitrogen and oxygen atoms in total. The Morgan fingerprint density at radius 1 is 1.29 bits per heavy atom. The highest BCUT2D eigenvalue weighted by Crippen LogP contribution is 2.42. The molecule has 0 amide bonds. The lowest BCUT2D eigenvalue weighted by molar-refractivity contribution is 0.173. The van der Waals surface area contributed by atoms with Crippen molar-refractivity contribution in [3.05, 3.63) is 34.6 Å². The Balaban J connectivity index is 2.32. The molecule has 0 radical (unpaired) electrons. The number of benzene rings is 1. The smallest absolute Gasteiger partial charge is 0.129 e. The first-order valence-electron chi connectivity index (χ1n) is 8.36. The van der Waals surface area contributed by atoms with Gasteiger partial charge >= 0.3 is 0 Å². The normalized spacial score (nSPS) is 24.0. The Labute approximate surface area is 133 Å². The molecule has 0 heterocycles. The van der Waals surface area contributed by atoms with Crippen molar-refractivity contribution in [2.45, 2.75) is 58.4 Å². The molecule has 0 aromatic heterocycles. The molecule has 1 aromatic carbocycles. The van der Waals surface area contributed by atoms with Crippen LogP contribution < -0.4 is 5.32 Å². The van der Waals surface area contributed by atoms with Crippen LogP contribution in [0, 0.1) is 17.7 Å². The Kier molecular flexibility index (Phi) is 6.50.